The number of carbonyl (C=O) groups excluding carboxylic acids is 4. The van der Waals surface area contributed by atoms with E-state index in [9.17, 15) is 19.2 Å². The van der Waals surface area contributed by atoms with E-state index in [1.807, 2.05) is 42.5 Å². The predicted octanol–water partition coefficient (Wildman–Crippen LogP) is 4.33. The summed E-state index contributed by atoms with van der Waals surface area (Å²) in [5.41, 5.74) is 5.83. The van der Waals surface area contributed by atoms with Crippen LogP contribution in [0.5, 0.6) is 0 Å². The molecule has 2 aromatic heterocycles. The summed E-state index contributed by atoms with van der Waals surface area (Å²) in [7, 11) is 2.52. The third-order valence-electron chi connectivity index (χ3n) is 9.13. The van der Waals surface area contributed by atoms with E-state index in [-0.39, 0.29) is 23.9 Å². The molecule has 51 heavy (non-hydrogen) atoms. The molecule has 0 aliphatic carbocycles. The second-order valence-electron chi connectivity index (χ2n) is 12.7. The first kappa shape index (κ1) is 34.8. The maximum atomic E-state index is 13.2. The first-order valence-corrected chi connectivity index (χ1v) is 16.7. The molecule has 264 valence electrons. The summed E-state index contributed by atoms with van der Waals surface area (Å²) in [6, 6.07) is 11.5. The number of carbonyl (C=O) groups is 4. The van der Waals surface area contributed by atoms with Crippen molar-refractivity contribution in [3.63, 3.8) is 0 Å². The van der Waals surface area contributed by atoms with Crippen LogP contribution in [-0.2, 0) is 19.1 Å². The average Bonchev–Trinajstić information content (AvgIpc) is 3.95. The molecule has 14 nitrogen and oxygen atoms in total. The molecule has 4 atom stereocenters. The van der Waals surface area contributed by atoms with Crippen molar-refractivity contribution in [2.24, 2.45) is 0 Å². The Hall–Kier alpha value is -6.10. The van der Waals surface area contributed by atoms with Crippen molar-refractivity contribution in [2.45, 2.75) is 57.3 Å². The van der Waals surface area contributed by atoms with Gasteiger partial charge >= 0.3 is 12.2 Å². The highest BCUT2D eigenvalue weighted by Gasteiger charge is 2.37. The largest absolute Gasteiger partial charge is 0.453 e. The lowest BCUT2D eigenvalue weighted by atomic mass is 10.1. The van der Waals surface area contributed by atoms with Gasteiger partial charge in [-0.15, -0.1) is 0 Å². The lowest BCUT2D eigenvalue weighted by molar-refractivity contribution is -0.134. The Labute approximate surface area is 295 Å². The summed E-state index contributed by atoms with van der Waals surface area (Å²) < 4.78 is 9.27. The summed E-state index contributed by atoms with van der Waals surface area (Å²) in [5.74, 6) is 7.35. The number of methoxy groups -OCH3 is 2. The summed E-state index contributed by atoms with van der Waals surface area (Å²) in [4.78, 5) is 69.0. The normalized spacial score (nSPS) is 18.2. The minimum absolute atomic E-state index is 0.185. The monoisotopic (exact) mass is 692 g/mol. The Bertz CT molecular complexity index is 2040. The van der Waals surface area contributed by atoms with Gasteiger partial charge in [-0.25, -0.2) is 19.6 Å². The van der Waals surface area contributed by atoms with Gasteiger partial charge in [0.25, 0.3) is 0 Å². The van der Waals surface area contributed by atoms with Gasteiger partial charge in [0.2, 0.25) is 11.8 Å². The third-order valence-corrected chi connectivity index (χ3v) is 9.13. The number of alkyl carbamates (subject to hydrolysis) is 2. The lowest BCUT2D eigenvalue weighted by Crippen LogP contribution is -2.46. The Balaban J connectivity index is 1.12. The highest BCUT2D eigenvalue weighted by atomic mass is 16.5. The van der Waals surface area contributed by atoms with Gasteiger partial charge in [0, 0.05) is 24.2 Å². The lowest BCUT2D eigenvalue weighted by Gasteiger charge is -2.26. The van der Waals surface area contributed by atoms with Crippen LogP contribution in [0.4, 0.5) is 9.59 Å². The zero-order valence-corrected chi connectivity index (χ0v) is 28.9. The molecule has 4 amide bonds. The molecule has 4 aromatic rings. The summed E-state index contributed by atoms with van der Waals surface area (Å²) in [5, 5.41) is 5.08. The molecule has 2 saturated heterocycles. The Morgan fingerprint density at radius 3 is 2.22 bits per heavy atom. The number of hydrogen-bond acceptors (Lipinski definition) is 8. The van der Waals surface area contributed by atoms with Gasteiger partial charge in [-0.05, 0) is 69.0 Å². The van der Waals surface area contributed by atoms with Gasteiger partial charge < -0.3 is 39.9 Å². The predicted molar refractivity (Wildman–Crippen MR) is 188 cm³/mol. The van der Waals surface area contributed by atoms with Crippen LogP contribution in [0.3, 0.4) is 0 Å². The number of aromatic amines is 2. The number of rotatable bonds is 7. The van der Waals surface area contributed by atoms with E-state index in [4.69, 9.17) is 4.98 Å². The Morgan fingerprint density at radius 1 is 0.882 bits per heavy atom. The summed E-state index contributed by atoms with van der Waals surface area (Å²) in [6.07, 6.45) is 2.62. The first-order chi connectivity index (χ1) is 24.5. The van der Waals surface area contributed by atoms with E-state index in [1.54, 1.807) is 29.8 Å². The number of hydrogen-bond donors (Lipinski definition) is 4. The summed E-state index contributed by atoms with van der Waals surface area (Å²) >= 11 is 0. The van der Waals surface area contributed by atoms with Crippen LogP contribution in [-0.4, -0.2) is 93.1 Å². The Morgan fingerprint density at radius 2 is 1.53 bits per heavy atom. The van der Waals surface area contributed by atoms with Crippen LogP contribution in [0.2, 0.25) is 0 Å². The number of imidazole rings is 2. The standard InChI is InChI=1S/C37H40N8O6/c1-21-17-31(45(20-21)35(47)23(3)40-37(49)51-5)33-41-27-15-12-25(18-28(27)42-33)9-8-24-10-13-26(14-11-24)29-19-38-32(43-29)30-7-6-16-44(30)34(46)22(2)39-36(48)50-4/h10-15,18-19,22-23,30-31H,1,6-7,16-17,20H2,2-5H3,(H,38,43)(H,39,48)(H,40,49)(H,41,42)/t22-,23-,30-,31-/m0/s1. The number of aromatic nitrogens is 4. The van der Waals surface area contributed by atoms with Gasteiger partial charge in [0.05, 0.1) is 49.2 Å². The van der Waals surface area contributed by atoms with Crippen molar-refractivity contribution >= 4 is 35.0 Å². The second kappa shape index (κ2) is 14.8. The van der Waals surface area contributed by atoms with Crippen molar-refractivity contribution < 1.29 is 28.7 Å². The van der Waals surface area contributed by atoms with Crippen LogP contribution < -0.4 is 10.6 Å². The quantitative estimate of drug-likeness (QED) is 0.164. The van der Waals surface area contributed by atoms with Gasteiger partial charge in [-0.2, -0.15) is 0 Å². The van der Waals surface area contributed by atoms with Crippen molar-refractivity contribution in [3.8, 4) is 23.1 Å². The molecule has 2 aliphatic heterocycles. The highest BCUT2D eigenvalue weighted by Crippen LogP contribution is 2.35. The number of nitrogens with one attached hydrogen (secondary N) is 4. The van der Waals surface area contributed by atoms with E-state index in [2.05, 4.69) is 53.5 Å². The topological polar surface area (TPSA) is 175 Å². The van der Waals surface area contributed by atoms with Crippen LogP contribution in [0.25, 0.3) is 22.3 Å². The molecular formula is C37H40N8O6. The van der Waals surface area contributed by atoms with E-state index in [1.165, 1.54) is 14.2 Å². The smallest absolute Gasteiger partial charge is 0.407 e. The van der Waals surface area contributed by atoms with Crippen LogP contribution in [0.15, 0.2) is 60.8 Å². The molecule has 0 spiro atoms. The molecule has 2 aliphatic rings. The van der Waals surface area contributed by atoms with E-state index < -0.39 is 24.3 Å². The molecule has 0 saturated carbocycles. The summed E-state index contributed by atoms with van der Waals surface area (Å²) in [6.45, 7) is 8.31. The van der Waals surface area contributed by atoms with Crippen molar-refractivity contribution in [3.05, 3.63) is 83.6 Å². The van der Waals surface area contributed by atoms with Crippen molar-refractivity contribution in [1.82, 2.24) is 40.4 Å². The van der Waals surface area contributed by atoms with E-state index in [0.29, 0.717) is 31.2 Å². The molecule has 4 heterocycles. The van der Waals surface area contributed by atoms with Crippen LogP contribution in [0.1, 0.15) is 68.0 Å². The second-order valence-corrected chi connectivity index (χ2v) is 12.7. The van der Waals surface area contributed by atoms with Gasteiger partial charge in [0.1, 0.15) is 23.7 Å². The molecule has 4 N–H and O–H groups in total. The highest BCUT2D eigenvalue weighted by molar-refractivity contribution is 5.87. The number of amides is 4. The number of likely N-dealkylation sites (tertiary alicyclic amines) is 2. The van der Waals surface area contributed by atoms with Gasteiger partial charge in [0.15, 0.2) is 0 Å². The molecule has 14 heteroatoms. The fourth-order valence-corrected chi connectivity index (χ4v) is 6.48. The average molecular weight is 693 g/mol. The minimum atomic E-state index is -0.767. The minimum Gasteiger partial charge on any atom is -0.453 e. The molecule has 2 fully saturated rings. The maximum absolute atomic E-state index is 13.2. The zero-order chi connectivity index (χ0) is 36.2. The number of fused-ring (bicyclic) bond motifs is 1. The molecule has 0 radical (unpaired) electrons. The number of H-pyrrole nitrogens is 2. The van der Waals surface area contributed by atoms with Crippen LogP contribution >= 0.6 is 0 Å². The molecule has 0 bridgehead atoms. The molecular weight excluding hydrogens is 652 g/mol. The third kappa shape index (κ3) is 7.57. The van der Waals surface area contributed by atoms with E-state index >= 15 is 0 Å². The van der Waals surface area contributed by atoms with Crippen molar-refractivity contribution in [1.29, 1.82) is 0 Å². The number of nitrogens with zero attached hydrogens (tertiary/aromatic N) is 4. The Kier molecular flexibility index (Phi) is 10.1. The van der Waals surface area contributed by atoms with Gasteiger partial charge in [-0.3, -0.25) is 9.59 Å². The van der Waals surface area contributed by atoms with Gasteiger partial charge in [-0.1, -0.05) is 36.1 Å². The number of ether oxygens (including phenoxy) is 2. The van der Waals surface area contributed by atoms with E-state index in [0.717, 1.165) is 51.8 Å². The SMILES string of the molecule is C=C1C[C@@H](c2nc3ccc(C#Cc4ccc(-c5cnc([C@@H]6CCCN6C(=O)[C@H](C)NC(=O)OC)[nH]5)cc4)cc3[nH]2)N(C(=O)[C@H](C)NC(=O)OC)C1. The number of benzene rings is 2. The fraction of sp³-hybridized carbons (Fsp3) is 0.351. The molecule has 2 aromatic carbocycles. The fourth-order valence-electron chi connectivity index (χ4n) is 6.48. The molecule has 0 unspecified atom stereocenters. The first-order valence-electron chi connectivity index (χ1n) is 16.7. The maximum Gasteiger partial charge on any atom is 0.407 e. The molecule has 6 rings (SSSR count). The zero-order valence-electron chi connectivity index (χ0n) is 28.9. The van der Waals surface area contributed by atoms with Crippen molar-refractivity contribution in [2.75, 3.05) is 27.3 Å². The van der Waals surface area contributed by atoms with Crippen LogP contribution in [0, 0.1) is 11.8 Å².